The highest BCUT2D eigenvalue weighted by molar-refractivity contribution is 9.10. The topological polar surface area (TPSA) is 35.6 Å². The van der Waals surface area contributed by atoms with Crippen molar-refractivity contribution in [1.82, 2.24) is 4.90 Å². The molecular weight excluding hydrogens is 423 g/mol. The summed E-state index contributed by atoms with van der Waals surface area (Å²) in [5.74, 6) is -0.589. The van der Waals surface area contributed by atoms with Crippen LogP contribution in [0.3, 0.4) is 0 Å². The Bertz CT molecular complexity index is 833. The van der Waals surface area contributed by atoms with E-state index in [4.69, 9.17) is 0 Å². The maximum Gasteiger partial charge on any atom is 0.418 e. The average molecular weight is 442 g/mol. The lowest BCUT2D eigenvalue weighted by Gasteiger charge is -2.34. The molecule has 0 bridgehead atoms. The van der Waals surface area contributed by atoms with E-state index in [0.717, 1.165) is 19.2 Å². The van der Waals surface area contributed by atoms with Crippen LogP contribution in [0.2, 0.25) is 0 Å². The molecule has 2 aromatic rings. The average Bonchev–Trinajstić information content (AvgIpc) is 2.62. The molecule has 1 aliphatic rings. The van der Waals surface area contributed by atoms with Gasteiger partial charge in [-0.05, 0) is 43.4 Å². The number of carbonyl (C=O) groups is 1. The summed E-state index contributed by atoms with van der Waals surface area (Å²) in [5, 5.41) is 2.39. The van der Waals surface area contributed by atoms with Gasteiger partial charge in [0.15, 0.2) is 0 Å². The second-order valence-corrected chi connectivity index (χ2v) is 7.40. The SMILES string of the molecule is CN1CCN(c2ccc(NC(=O)c3cccc(Br)c3)c(C(F)(F)F)c2)CC1. The van der Waals surface area contributed by atoms with Gasteiger partial charge in [-0.15, -0.1) is 0 Å². The number of anilines is 2. The van der Waals surface area contributed by atoms with E-state index in [1.807, 2.05) is 11.9 Å². The number of likely N-dealkylation sites (N-methyl/N-ethyl adjacent to an activating group) is 1. The molecule has 2 aromatic carbocycles. The van der Waals surface area contributed by atoms with Crippen LogP contribution in [0.1, 0.15) is 15.9 Å². The largest absolute Gasteiger partial charge is 0.418 e. The third kappa shape index (κ3) is 4.81. The highest BCUT2D eigenvalue weighted by Gasteiger charge is 2.35. The van der Waals surface area contributed by atoms with E-state index in [-0.39, 0.29) is 11.3 Å². The second kappa shape index (κ2) is 7.90. The molecule has 0 radical (unpaired) electrons. The first-order valence-corrected chi connectivity index (χ1v) is 9.25. The van der Waals surface area contributed by atoms with Crippen molar-refractivity contribution in [2.45, 2.75) is 6.18 Å². The normalized spacial score (nSPS) is 15.7. The summed E-state index contributed by atoms with van der Waals surface area (Å²) in [5.41, 5.74) is -0.302. The van der Waals surface area contributed by atoms with Crippen LogP contribution in [-0.2, 0) is 6.18 Å². The Hall–Kier alpha value is -2.06. The third-order valence-electron chi connectivity index (χ3n) is 4.51. The first kappa shape index (κ1) is 19.7. The van der Waals surface area contributed by atoms with Crippen molar-refractivity contribution in [2.75, 3.05) is 43.4 Å². The number of nitrogens with zero attached hydrogens (tertiary/aromatic N) is 2. The number of piperazine rings is 1. The van der Waals surface area contributed by atoms with Crippen LogP contribution in [0.5, 0.6) is 0 Å². The smallest absolute Gasteiger partial charge is 0.369 e. The van der Waals surface area contributed by atoms with Crippen molar-refractivity contribution >= 4 is 33.2 Å². The predicted octanol–water partition coefficient (Wildman–Crippen LogP) is 4.47. The van der Waals surface area contributed by atoms with Gasteiger partial charge in [-0.2, -0.15) is 13.2 Å². The summed E-state index contributed by atoms with van der Waals surface area (Å²) in [6.45, 7) is 2.92. The van der Waals surface area contributed by atoms with Crippen molar-refractivity contribution < 1.29 is 18.0 Å². The zero-order valence-corrected chi connectivity index (χ0v) is 16.3. The van der Waals surface area contributed by atoms with Gasteiger partial charge in [0.2, 0.25) is 0 Å². The Labute approximate surface area is 164 Å². The van der Waals surface area contributed by atoms with Gasteiger partial charge in [0.05, 0.1) is 11.3 Å². The molecule has 0 spiro atoms. The zero-order chi connectivity index (χ0) is 19.6. The molecule has 1 N–H and O–H groups in total. The minimum absolute atomic E-state index is 0.245. The van der Waals surface area contributed by atoms with Crippen molar-refractivity contribution in [1.29, 1.82) is 0 Å². The van der Waals surface area contributed by atoms with Gasteiger partial charge in [0.25, 0.3) is 5.91 Å². The second-order valence-electron chi connectivity index (χ2n) is 6.48. The van der Waals surface area contributed by atoms with Crippen LogP contribution in [0, 0.1) is 0 Å². The number of carbonyl (C=O) groups excluding carboxylic acids is 1. The lowest BCUT2D eigenvalue weighted by molar-refractivity contribution is -0.136. The molecule has 1 heterocycles. The summed E-state index contributed by atoms with van der Waals surface area (Å²) in [6.07, 6.45) is -4.57. The Morgan fingerprint density at radius 1 is 1.07 bits per heavy atom. The van der Waals surface area contributed by atoms with Gasteiger partial charge in [0, 0.05) is 41.9 Å². The van der Waals surface area contributed by atoms with E-state index < -0.39 is 17.6 Å². The number of amides is 1. The van der Waals surface area contributed by atoms with Crippen LogP contribution < -0.4 is 10.2 Å². The monoisotopic (exact) mass is 441 g/mol. The molecule has 4 nitrogen and oxygen atoms in total. The third-order valence-corrected chi connectivity index (χ3v) is 5.01. The quantitative estimate of drug-likeness (QED) is 0.762. The Kier molecular flexibility index (Phi) is 5.76. The fourth-order valence-electron chi connectivity index (χ4n) is 2.96. The van der Waals surface area contributed by atoms with Crippen molar-refractivity contribution in [2.24, 2.45) is 0 Å². The van der Waals surface area contributed by atoms with Gasteiger partial charge < -0.3 is 15.1 Å². The molecule has 27 heavy (non-hydrogen) atoms. The number of benzene rings is 2. The Morgan fingerprint density at radius 3 is 2.41 bits per heavy atom. The number of hydrogen-bond acceptors (Lipinski definition) is 3. The molecule has 0 saturated carbocycles. The molecule has 1 aliphatic heterocycles. The number of rotatable bonds is 3. The summed E-state index contributed by atoms with van der Waals surface area (Å²) in [6, 6.07) is 10.6. The first-order chi connectivity index (χ1) is 12.7. The van der Waals surface area contributed by atoms with E-state index in [1.165, 1.54) is 6.07 Å². The van der Waals surface area contributed by atoms with Crippen molar-refractivity contribution in [3.63, 3.8) is 0 Å². The zero-order valence-electron chi connectivity index (χ0n) is 14.7. The van der Waals surface area contributed by atoms with Crippen LogP contribution in [-0.4, -0.2) is 44.0 Å². The van der Waals surface area contributed by atoms with Crippen LogP contribution in [0.4, 0.5) is 24.5 Å². The number of hydrogen-bond donors (Lipinski definition) is 1. The number of halogens is 4. The molecular formula is C19H19BrF3N3O. The summed E-state index contributed by atoms with van der Waals surface area (Å²) in [4.78, 5) is 16.4. The van der Waals surface area contributed by atoms with E-state index in [1.54, 1.807) is 30.3 Å². The summed E-state index contributed by atoms with van der Waals surface area (Å²) >= 11 is 3.25. The molecule has 0 aliphatic carbocycles. The Morgan fingerprint density at radius 2 is 1.78 bits per heavy atom. The maximum absolute atomic E-state index is 13.6. The summed E-state index contributed by atoms with van der Waals surface area (Å²) < 4.78 is 41.4. The van der Waals surface area contributed by atoms with Crippen LogP contribution in [0.15, 0.2) is 46.9 Å². The van der Waals surface area contributed by atoms with Gasteiger partial charge >= 0.3 is 6.18 Å². The molecule has 8 heteroatoms. The van der Waals surface area contributed by atoms with Crippen LogP contribution >= 0.6 is 15.9 Å². The minimum atomic E-state index is -4.57. The molecule has 0 atom stereocenters. The number of alkyl halides is 3. The van der Waals surface area contributed by atoms with Crippen molar-refractivity contribution in [3.8, 4) is 0 Å². The molecule has 3 rings (SSSR count). The van der Waals surface area contributed by atoms with Crippen LogP contribution in [0.25, 0.3) is 0 Å². The van der Waals surface area contributed by atoms with Gasteiger partial charge in [-0.25, -0.2) is 0 Å². The maximum atomic E-state index is 13.6. The Balaban J connectivity index is 1.87. The standard InChI is InChI=1S/C19H19BrF3N3O/c1-25-7-9-26(10-8-25)15-5-6-17(16(12-15)19(21,22)23)24-18(27)13-3-2-4-14(20)11-13/h2-6,11-12H,7-10H2,1H3,(H,24,27). The predicted molar refractivity (Wildman–Crippen MR) is 103 cm³/mol. The minimum Gasteiger partial charge on any atom is -0.369 e. The molecule has 0 aromatic heterocycles. The first-order valence-electron chi connectivity index (χ1n) is 8.46. The lowest BCUT2D eigenvalue weighted by Crippen LogP contribution is -2.44. The molecule has 0 unspecified atom stereocenters. The fraction of sp³-hybridized carbons (Fsp3) is 0.316. The highest BCUT2D eigenvalue weighted by Crippen LogP contribution is 2.37. The van der Waals surface area contributed by atoms with Gasteiger partial charge in [-0.3, -0.25) is 4.79 Å². The molecule has 1 amide bonds. The van der Waals surface area contributed by atoms with E-state index in [0.29, 0.717) is 23.2 Å². The number of nitrogens with one attached hydrogen (secondary N) is 1. The van der Waals surface area contributed by atoms with Crippen molar-refractivity contribution in [3.05, 3.63) is 58.1 Å². The molecule has 1 saturated heterocycles. The highest BCUT2D eigenvalue weighted by atomic mass is 79.9. The summed E-state index contributed by atoms with van der Waals surface area (Å²) in [7, 11) is 1.99. The van der Waals surface area contributed by atoms with E-state index >= 15 is 0 Å². The molecule has 1 fully saturated rings. The fourth-order valence-corrected chi connectivity index (χ4v) is 3.36. The molecule has 144 valence electrons. The van der Waals surface area contributed by atoms with E-state index in [9.17, 15) is 18.0 Å². The van der Waals surface area contributed by atoms with Gasteiger partial charge in [0.1, 0.15) is 0 Å². The lowest BCUT2D eigenvalue weighted by atomic mass is 10.1. The van der Waals surface area contributed by atoms with Gasteiger partial charge in [-0.1, -0.05) is 22.0 Å². The van der Waals surface area contributed by atoms with E-state index in [2.05, 4.69) is 26.1 Å².